The van der Waals surface area contributed by atoms with Crippen LogP contribution in [0.5, 0.6) is 0 Å². The molecule has 0 saturated carbocycles. The molecular weight excluding hydrogens is 430 g/mol. The van der Waals surface area contributed by atoms with Crippen molar-refractivity contribution in [2.45, 2.75) is 47.1 Å². The minimum absolute atomic E-state index is 0.0577. The molecule has 0 atom stereocenters. The van der Waals surface area contributed by atoms with Crippen LogP contribution < -0.4 is 10.2 Å². The van der Waals surface area contributed by atoms with Gasteiger partial charge >= 0.3 is 5.97 Å². The zero-order valence-electron chi connectivity index (χ0n) is 18.8. The van der Waals surface area contributed by atoms with E-state index in [-0.39, 0.29) is 12.5 Å². The lowest BCUT2D eigenvalue weighted by molar-refractivity contribution is -0.117. The van der Waals surface area contributed by atoms with Gasteiger partial charge in [-0.15, -0.1) is 0 Å². The van der Waals surface area contributed by atoms with Gasteiger partial charge in [0.2, 0.25) is 11.8 Å². The van der Waals surface area contributed by atoms with Gasteiger partial charge in [-0.1, -0.05) is 11.6 Å². The van der Waals surface area contributed by atoms with Crippen molar-refractivity contribution in [1.29, 1.82) is 0 Å². The van der Waals surface area contributed by atoms with Gasteiger partial charge in [0.15, 0.2) is 0 Å². The number of carbonyl (C=O) groups excluding carboxylic acids is 3. The molecule has 0 aliphatic carbocycles. The first-order valence-electron chi connectivity index (χ1n) is 10.7. The number of carbonyl (C=O) groups is 3. The fraction of sp³-hybridized carbons (Fsp3) is 0.375. The van der Waals surface area contributed by atoms with E-state index >= 15 is 0 Å². The van der Waals surface area contributed by atoms with Crippen LogP contribution in [0.3, 0.4) is 0 Å². The highest BCUT2D eigenvalue weighted by Crippen LogP contribution is 2.30. The standard InChI is InChI=1S/C24H28ClN3O4/c1-5-27-15(3)18(23(16(27)4)24(31)32-6-2)10-12-21(29)26-20-14-17(9-11-19(20)25)28-13-7-8-22(28)30/h9-12,14H,5-8,13H2,1-4H3,(H,26,29)/b12-10+. The van der Waals surface area contributed by atoms with Crippen LogP contribution in [0.15, 0.2) is 24.3 Å². The molecule has 2 amide bonds. The number of amides is 2. The zero-order chi connectivity index (χ0) is 23.4. The first kappa shape index (κ1) is 23.6. The van der Waals surface area contributed by atoms with E-state index in [2.05, 4.69) is 5.32 Å². The second-order valence-electron chi connectivity index (χ2n) is 7.56. The molecule has 1 N–H and O–H groups in total. The number of halogens is 1. The molecule has 7 nitrogen and oxygen atoms in total. The Morgan fingerprint density at radius 1 is 1.22 bits per heavy atom. The van der Waals surface area contributed by atoms with Gasteiger partial charge in [0.05, 0.1) is 22.9 Å². The van der Waals surface area contributed by atoms with Crippen molar-refractivity contribution in [2.24, 2.45) is 0 Å². The molecule has 3 rings (SSSR count). The molecule has 8 heteroatoms. The third-order valence-electron chi connectivity index (χ3n) is 5.62. The third-order valence-corrected chi connectivity index (χ3v) is 5.95. The number of rotatable bonds is 7. The summed E-state index contributed by atoms with van der Waals surface area (Å²) in [4.78, 5) is 38.9. The third kappa shape index (κ3) is 4.72. The molecule has 32 heavy (non-hydrogen) atoms. The van der Waals surface area contributed by atoms with E-state index in [4.69, 9.17) is 16.3 Å². The molecule has 170 valence electrons. The summed E-state index contributed by atoms with van der Waals surface area (Å²) in [6.07, 6.45) is 4.32. The molecule has 1 aliphatic heterocycles. The highest BCUT2D eigenvalue weighted by atomic mass is 35.5. The van der Waals surface area contributed by atoms with Gasteiger partial charge in [0.25, 0.3) is 0 Å². The monoisotopic (exact) mass is 457 g/mol. The Hall–Kier alpha value is -3.06. The summed E-state index contributed by atoms with van der Waals surface area (Å²) in [5.41, 5.74) is 3.91. The number of benzene rings is 1. The molecule has 0 spiro atoms. The van der Waals surface area contributed by atoms with Crippen molar-refractivity contribution < 1.29 is 19.1 Å². The van der Waals surface area contributed by atoms with Gasteiger partial charge in [-0.25, -0.2) is 4.79 Å². The molecule has 1 fully saturated rings. The fourth-order valence-electron chi connectivity index (χ4n) is 4.08. The molecular formula is C24H28ClN3O4. The summed E-state index contributed by atoms with van der Waals surface area (Å²) >= 11 is 6.26. The minimum Gasteiger partial charge on any atom is -0.462 e. The molecule has 0 unspecified atom stereocenters. The first-order chi connectivity index (χ1) is 15.3. The second kappa shape index (κ2) is 10.0. The number of nitrogens with zero attached hydrogens (tertiary/aromatic N) is 2. The Balaban J connectivity index is 1.85. The maximum Gasteiger partial charge on any atom is 0.340 e. The highest BCUT2D eigenvalue weighted by Gasteiger charge is 2.23. The number of esters is 1. The summed E-state index contributed by atoms with van der Waals surface area (Å²) in [5, 5.41) is 3.14. The van der Waals surface area contributed by atoms with Crippen LogP contribution in [0, 0.1) is 13.8 Å². The van der Waals surface area contributed by atoms with Crippen molar-refractivity contribution in [1.82, 2.24) is 4.57 Å². The quantitative estimate of drug-likeness (QED) is 0.481. The molecule has 1 aromatic carbocycles. The number of aromatic nitrogens is 1. The van der Waals surface area contributed by atoms with Gasteiger partial charge in [-0.2, -0.15) is 0 Å². The van der Waals surface area contributed by atoms with Crippen LogP contribution in [-0.2, 0) is 20.9 Å². The number of anilines is 2. The summed E-state index contributed by atoms with van der Waals surface area (Å²) in [6, 6.07) is 5.13. The average molecular weight is 458 g/mol. The van der Waals surface area contributed by atoms with E-state index in [1.165, 1.54) is 6.08 Å². The summed E-state index contributed by atoms with van der Waals surface area (Å²) < 4.78 is 7.23. The van der Waals surface area contributed by atoms with E-state index in [1.54, 1.807) is 36.1 Å². The van der Waals surface area contributed by atoms with E-state index in [9.17, 15) is 14.4 Å². The average Bonchev–Trinajstić information content (AvgIpc) is 3.28. The molecule has 1 aliphatic rings. The smallest absolute Gasteiger partial charge is 0.340 e. The summed E-state index contributed by atoms with van der Waals surface area (Å²) in [7, 11) is 0. The van der Waals surface area contributed by atoms with E-state index in [0.717, 1.165) is 17.8 Å². The van der Waals surface area contributed by atoms with Crippen LogP contribution in [0.2, 0.25) is 5.02 Å². The van der Waals surface area contributed by atoms with Crippen LogP contribution in [0.4, 0.5) is 11.4 Å². The predicted molar refractivity (Wildman–Crippen MR) is 126 cm³/mol. The molecule has 0 radical (unpaired) electrons. The van der Waals surface area contributed by atoms with E-state index < -0.39 is 11.9 Å². The number of ether oxygens (including phenoxy) is 1. The lowest BCUT2D eigenvalue weighted by atomic mass is 10.1. The Morgan fingerprint density at radius 2 is 1.97 bits per heavy atom. The summed E-state index contributed by atoms with van der Waals surface area (Å²) in [5.74, 6) is -0.749. The molecule has 1 saturated heterocycles. The van der Waals surface area contributed by atoms with Crippen molar-refractivity contribution >= 4 is 46.8 Å². The van der Waals surface area contributed by atoms with Gasteiger partial charge in [0.1, 0.15) is 0 Å². The van der Waals surface area contributed by atoms with Crippen LogP contribution in [0.25, 0.3) is 6.08 Å². The highest BCUT2D eigenvalue weighted by molar-refractivity contribution is 6.34. The molecule has 2 aromatic rings. The van der Waals surface area contributed by atoms with Crippen molar-refractivity contribution in [2.75, 3.05) is 23.4 Å². The molecule has 1 aromatic heterocycles. The topological polar surface area (TPSA) is 80.6 Å². The number of nitrogens with one attached hydrogen (secondary N) is 1. The van der Waals surface area contributed by atoms with Gasteiger partial charge in [-0.3, -0.25) is 9.59 Å². The Kier molecular flexibility index (Phi) is 7.40. The molecule has 2 heterocycles. The van der Waals surface area contributed by atoms with Gasteiger partial charge < -0.3 is 19.5 Å². The van der Waals surface area contributed by atoms with E-state index in [0.29, 0.717) is 47.0 Å². The second-order valence-corrected chi connectivity index (χ2v) is 7.97. The van der Waals surface area contributed by atoms with Crippen molar-refractivity contribution in [3.05, 3.63) is 51.8 Å². The van der Waals surface area contributed by atoms with E-state index in [1.807, 2.05) is 25.3 Å². The minimum atomic E-state index is -0.411. The Labute approximate surface area is 193 Å². The predicted octanol–water partition coefficient (Wildman–Crippen LogP) is 4.73. The SMILES string of the molecule is CCOC(=O)c1c(/C=C/C(=O)Nc2cc(N3CCCC3=O)ccc2Cl)c(C)n(CC)c1C. The number of hydrogen-bond acceptors (Lipinski definition) is 4. The van der Waals surface area contributed by atoms with Gasteiger partial charge in [0, 0.05) is 48.2 Å². The maximum atomic E-state index is 12.7. The zero-order valence-corrected chi connectivity index (χ0v) is 19.6. The van der Waals surface area contributed by atoms with Crippen molar-refractivity contribution in [3.63, 3.8) is 0 Å². The van der Waals surface area contributed by atoms with Gasteiger partial charge in [-0.05, 0) is 58.4 Å². The normalized spacial score (nSPS) is 13.8. The number of hydrogen-bond donors (Lipinski definition) is 1. The Bertz CT molecular complexity index is 1090. The fourth-order valence-corrected chi connectivity index (χ4v) is 4.24. The Morgan fingerprint density at radius 3 is 2.59 bits per heavy atom. The maximum absolute atomic E-state index is 12.7. The summed E-state index contributed by atoms with van der Waals surface area (Å²) in [6.45, 7) is 9.14. The van der Waals surface area contributed by atoms with Crippen LogP contribution in [0.1, 0.15) is 54.0 Å². The lowest BCUT2D eigenvalue weighted by Crippen LogP contribution is -2.23. The van der Waals surface area contributed by atoms with Crippen molar-refractivity contribution in [3.8, 4) is 0 Å². The lowest BCUT2D eigenvalue weighted by Gasteiger charge is -2.17. The van der Waals surface area contributed by atoms with Crippen LogP contribution in [-0.4, -0.2) is 35.5 Å². The van der Waals surface area contributed by atoms with Crippen LogP contribution >= 0.6 is 11.6 Å². The first-order valence-corrected chi connectivity index (χ1v) is 11.1. The largest absolute Gasteiger partial charge is 0.462 e. The molecule has 0 bridgehead atoms.